The minimum Gasteiger partial charge on any atom is -0.484 e. The number of unbranched alkanes of at least 4 members (excludes halogenated alkanes) is 1. The van der Waals surface area contributed by atoms with Crippen molar-refractivity contribution < 1.29 is 14.3 Å². The summed E-state index contributed by atoms with van der Waals surface area (Å²) in [6.45, 7) is 4.14. The number of carbonyl (C=O) groups excluding carboxylic acids is 2. The normalized spacial score (nSPS) is 24.4. The fourth-order valence-corrected chi connectivity index (χ4v) is 5.93. The van der Waals surface area contributed by atoms with Crippen molar-refractivity contribution in [3.05, 3.63) is 30.3 Å². The van der Waals surface area contributed by atoms with E-state index in [1.54, 1.807) is 4.90 Å². The predicted octanol–water partition coefficient (Wildman–Crippen LogP) is 4.18. The van der Waals surface area contributed by atoms with Crippen LogP contribution >= 0.6 is 0 Å². The Morgan fingerprint density at radius 3 is 2.50 bits per heavy atom. The maximum absolute atomic E-state index is 13.8. The first-order chi connectivity index (χ1) is 16.5. The van der Waals surface area contributed by atoms with E-state index in [4.69, 9.17) is 10.1 Å². The molecule has 1 saturated carbocycles. The fourth-order valence-electron chi connectivity index (χ4n) is 5.93. The van der Waals surface area contributed by atoms with Gasteiger partial charge in [0, 0.05) is 19.6 Å². The molecular weight excluding hydrogens is 428 g/mol. The SMILES string of the molecule is CCCCC1(C2CCCCC2)NC(=N)N(CC2CCN(C(=O)COc3ccccc3)CC2)C1=O. The van der Waals surface area contributed by atoms with Gasteiger partial charge in [0.1, 0.15) is 11.3 Å². The molecule has 2 N–H and O–H groups in total. The van der Waals surface area contributed by atoms with E-state index >= 15 is 0 Å². The lowest BCUT2D eigenvalue weighted by atomic mass is 9.72. The molecule has 1 unspecified atom stereocenters. The first-order valence-corrected chi connectivity index (χ1v) is 13.2. The van der Waals surface area contributed by atoms with Crippen LogP contribution < -0.4 is 10.1 Å². The van der Waals surface area contributed by atoms with Gasteiger partial charge in [0.25, 0.3) is 11.8 Å². The number of para-hydroxylation sites is 1. The highest BCUT2D eigenvalue weighted by Gasteiger charge is 2.53. The molecule has 4 rings (SSSR count). The Kier molecular flexibility index (Phi) is 8.11. The maximum Gasteiger partial charge on any atom is 0.260 e. The molecule has 0 aromatic heterocycles. The van der Waals surface area contributed by atoms with Crippen LogP contribution in [-0.4, -0.2) is 59.4 Å². The number of hydrogen-bond acceptors (Lipinski definition) is 4. The van der Waals surface area contributed by atoms with Crippen LogP contribution in [0.2, 0.25) is 0 Å². The molecule has 2 heterocycles. The van der Waals surface area contributed by atoms with Crippen molar-refractivity contribution in [3.63, 3.8) is 0 Å². The Labute approximate surface area is 203 Å². The zero-order valence-electron chi connectivity index (χ0n) is 20.6. The third-order valence-corrected chi connectivity index (χ3v) is 7.98. The van der Waals surface area contributed by atoms with Crippen LogP contribution in [0.25, 0.3) is 0 Å². The molecule has 2 saturated heterocycles. The summed E-state index contributed by atoms with van der Waals surface area (Å²) in [4.78, 5) is 29.9. The Morgan fingerprint density at radius 1 is 1.12 bits per heavy atom. The van der Waals surface area contributed by atoms with E-state index in [1.165, 1.54) is 19.3 Å². The number of ether oxygens (including phenoxy) is 1. The van der Waals surface area contributed by atoms with Crippen molar-refractivity contribution in [3.8, 4) is 5.75 Å². The van der Waals surface area contributed by atoms with Crippen LogP contribution in [-0.2, 0) is 9.59 Å². The number of rotatable bonds is 9. The molecule has 3 fully saturated rings. The molecule has 0 spiro atoms. The highest BCUT2D eigenvalue weighted by molar-refractivity contribution is 6.08. The smallest absolute Gasteiger partial charge is 0.260 e. The highest BCUT2D eigenvalue weighted by atomic mass is 16.5. The highest BCUT2D eigenvalue weighted by Crippen LogP contribution is 2.40. The van der Waals surface area contributed by atoms with E-state index in [1.807, 2.05) is 35.2 Å². The Balaban J connectivity index is 1.31. The van der Waals surface area contributed by atoms with E-state index in [-0.39, 0.29) is 24.4 Å². The van der Waals surface area contributed by atoms with Gasteiger partial charge in [-0.3, -0.25) is 19.9 Å². The van der Waals surface area contributed by atoms with Gasteiger partial charge in [-0.2, -0.15) is 0 Å². The van der Waals surface area contributed by atoms with Crippen LogP contribution in [0.1, 0.15) is 71.1 Å². The van der Waals surface area contributed by atoms with Crippen LogP contribution in [0, 0.1) is 17.2 Å². The second-order valence-electron chi connectivity index (χ2n) is 10.2. The van der Waals surface area contributed by atoms with Crippen LogP contribution in [0.15, 0.2) is 30.3 Å². The van der Waals surface area contributed by atoms with Crippen molar-refractivity contribution >= 4 is 17.8 Å². The summed E-state index contributed by atoms with van der Waals surface area (Å²) in [6.07, 6.45) is 10.3. The van der Waals surface area contributed by atoms with Gasteiger partial charge in [0.05, 0.1) is 0 Å². The third-order valence-electron chi connectivity index (χ3n) is 7.98. The molecule has 2 aliphatic heterocycles. The Bertz CT molecular complexity index is 847. The molecule has 34 heavy (non-hydrogen) atoms. The number of nitrogens with one attached hydrogen (secondary N) is 2. The molecule has 186 valence electrons. The van der Waals surface area contributed by atoms with E-state index in [0.29, 0.717) is 37.2 Å². The van der Waals surface area contributed by atoms with Crippen LogP contribution in [0.4, 0.5) is 0 Å². The van der Waals surface area contributed by atoms with Gasteiger partial charge in [-0.1, -0.05) is 57.2 Å². The second kappa shape index (κ2) is 11.2. The molecule has 7 heteroatoms. The Hall–Kier alpha value is -2.57. The van der Waals surface area contributed by atoms with Gasteiger partial charge in [-0.15, -0.1) is 0 Å². The van der Waals surface area contributed by atoms with Gasteiger partial charge in [-0.25, -0.2) is 0 Å². The summed E-state index contributed by atoms with van der Waals surface area (Å²) in [6, 6.07) is 9.40. The summed E-state index contributed by atoms with van der Waals surface area (Å²) < 4.78 is 5.62. The number of likely N-dealkylation sites (tertiary alicyclic amines) is 1. The minimum atomic E-state index is -0.584. The molecule has 1 aliphatic carbocycles. The first kappa shape index (κ1) is 24.6. The number of benzene rings is 1. The predicted molar refractivity (Wildman–Crippen MR) is 133 cm³/mol. The zero-order valence-corrected chi connectivity index (χ0v) is 20.6. The number of amides is 2. The van der Waals surface area contributed by atoms with Gasteiger partial charge in [0.2, 0.25) is 0 Å². The average Bonchev–Trinajstić information content (AvgIpc) is 3.12. The molecule has 1 aromatic rings. The van der Waals surface area contributed by atoms with Gasteiger partial charge in [0.15, 0.2) is 12.6 Å². The van der Waals surface area contributed by atoms with Crippen LogP contribution in [0.5, 0.6) is 5.75 Å². The number of piperidine rings is 1. The van der Waals surface area contributed by atoms with E-state index in [2.05, 4.69) is 12.2 Å². The molecule has 3 aliphatic rings. The molecule has 0 bridgehead atoms. The molecular formula is C27H40N4O3. The summed E-state index contributed by atoms with van der Waals surface area (Å²) in [5.41, 5.74) is -0.584. The molecule has 1 atom stereocenters. The van der Waals surface area contributed by atoms with Gasteiger partial charge >= 0.3 is 0 Å². The maximum atomic E-state index is 13.8. The summed E-state index contributed by atoms with van der Waals surface area (Å²) >= 11 is 0. The van der Waals surface area contributed by atoms with Crippen molar-refractivity contribution in [2.45, 2.75) is 76.7 Å². The van der Waals surface area contributed by atoms with E-state index < -0.39 is 5.54 Å². The van der Waals surface area contributed by atoms with Gasteiger partial charge in [-0.05, 0) is 56.1 Å². The fraction of sp³-hybridized carbons (Fsp3) is 0.667. The molecule has 7 nitrogen and oxygen atoms in total. The van der Waals surface area contributed by atoms with Crippen molar-refractivity contribution in [1.29, 1.82) is 5.41 Å². The van der Waals surface area contributed by atoms with Crippen molar-refractivity contribution in [2.24, 2.45) is 11.8 Å². The van der Waals surface area contributed by atoms with E-state index in [9.17, 15) is 9.59 Å². The van der Waals surface area contributed by atoms with E-state index in [0.717, 1.165) is 44.9 Å². The number of hydrogen-bond donors (Lipinski definition) is 2. The second-order valence-corrected chi connectivity index (χ2v) is 10.2. The van der Waals surface area contributed by atoms with Crippen molar-refractivity contribution in [2.75, 3.05) is 26.2 Å². The topological polar surface area (TPSA) is 85.7 Å². The largest absolute Gasteiger partial charge is 0.484 e. The number of carbonyl (C=O) groups is 2. The zero-order chi connectivity index (χ0) is 24.0. The quantitative estimate of drug-likeness (QED) is 0.569. The van der Waals surface area contributed by atoms with Crippen LogP contribution in [0.3, 0.4) is 0 Å². The standard InChI is InChI=1S/C27H40N4O3/c1-2-3-16-27(22-10-6-4-7-11-22)25(33)31(26(28)29-27)19-21-14-17-30(18-15-21)24(32)20-34-23-12-8-5-9-13-23/h5,8-9,12-13,21-22H,2-4,6-7,10-11,14-20H2,1H3,(H2,28,29). The summed E-state index contributed by atoms with van der Waals surface area (Å²) in [5.74, 6) is 1.74. The van der Waals surface area contributed by atoms with Gasteiger partial charge < -0.3 is 15.0 Å². The summed E-state index contributed by atoms with van der Waals surface area (Å²) in [7, 11) is 0. The molecule has 1 aromatic carbocycles. The number of guanidine groups is 1. The molecule has 2 amide bonds. The Morgan fingerprint density at radius 2 is 1.82 bits per heavy atom. The minimum absolute atomic E-state index is 0.00448. The monoisotopic (exact) mass is 468 g/mol. The summed E-state index contributed by atoms with van der Waals surface area (Å²) in [5, 5.41) is 12.0. The average molecular weight is 469 g/mol. The lowest BCUT2D eigenvalue weighted by Gasteiger charge is -2.38. The first-order valence-electron chi connectivity index (χ1n) is 13.2. The van der Waals surface area contributed by atoms with Crippen molar-refractivity contribution in [1.82, 2.24) is 15.1 Å². The molecule has 0 radical (unpaired) electrons. The third kappa shape index (κ3) is 5.39. The lowest BCUT2D eigenvalue weighted by Crippen LogP contribution is -2.54. The lowest BCUT2D eigenvalue weighted by molar-refractivity contribution is -0.137. The number of nitrogens with zero attached hydrogens (tertiary/aromatic N) is 2.